The van der Waals surface area contributed by atoms with E-state index in [0.717, 1.165) is 25.9 Å². The quantitative estimate of drug-likeness (QED) is 0.719. The molecule has 2 amide bonds. The first-order valence-corrected chi connectivity index (χ1v) is 8.23. The van der Waals surface area contributed by atoms with Crippen molar-refractivity contribution in [3.8, 4) is 0 Å². The van der Waals surface area contributed by atoms with E-state index >= 15 is 0 Å². The van der Waals surface area contributed by atoms with E-state index in [-0.39, 0.29) is 18.7 Å². The molecule has 2 N–H and O–H groups in total. The molecule has 23 heavy (non-hydrogen) atoms. The van der Waals surface area contributed by atoms with Crippen molar-refractivity contribution in [3.63, 3.8) is 0 Å². The van der Waals surface area contributed by atoms with E-state index in [1.807, 2.05) is 0 Å². The molecule has 1 fully saturated rings. The molecular formula is C15H27N5O3. The lowest BCUT2D eigenvalue weighted by Crippen LogP contribution is -2.43. The van der Waals surface area contributed by atoms with Gasteiger partial charge in [0.15, 0.2) is 5.82 Å². The summed E-state index contributed by atoms with van der Waals surface area (Å²) in [7, 11) is 1.70. The third kappa shape index (κ3) is 5.47. The smallest absolute Gasteiger partial charge is 0.317 e. The molecule has 2 heterocycles. The van der Waals surface area contributed by atoms with Crippen molar-refractivity contribution >= 4 is 6.03 Å². The number of hydrogen-bond acceptors (Lipinski definition) is 6. The van der Waals surface area contributed by atoms with Crippen molar-refractivity contribution in [1.29, 1.82) is 0 Å². The second kappa shape index (κ2) is 8.83. The molecule has 0 spiro atoms. The molecule has 0 saturated carbocycles. The van der Waals surface area contributed by atoms with Gasteiger partial charge in [0.25, 0.3) is 0 Å². The standard InChI is InChI=1S/C15H27N5O3/c1-12-17-14(23-18-12)10-19(2)15(22)16-7-5-9-20-8-4-3-6-13(20)11-21/h13,21H,3-11H2,1-2H3,(H,16,22). The summed E-state index contributed by atoms with van der Waals surface area (Å²) in [6, 6.07) is 0.126. The maximum Gasteiger partial charge on any atom is 0.317 e. The first-order valence-electron chi connectivity index (χ1n) is 8.23. The Kier molecular flexibility index (Phi) is 6.79. The highest BCUT2D eigenvalue weighted by Crippen LogP contribution is 2.16. The van der Waals surface area contributed by atoms with Crippen LogP contribution in [0.1, 0.15) is 37.4 Å². The van der Waals surface area contributed by atoms with E-state index in [9.17, 15) is 9.90 Å². The zero-order valence-electron chi connectivity index (χ0n) is 14.0. The molecule has 1 aromatic rings. The summed E-state index contributed by atoms with van der Waals surface area (Å²) in [5.41, 5.74) is 0. The zero-order valence-corrected chi connectivity index (χ0v) is 14.0. The van der Waals surface area contributed by atoms with Crippen LogP contribution in [0, 0.1) is 6.92 Å². The van der Waals surface area contributed by atoms with Crippen molar-refractivity contribution in [2.24, 2.45) is 0 Å². The molecule has 0 bridgehead atoms. The van der Waals surface area contributed by atoms with E-state index in [0.29, 0.717) is 24.8 Å². The average molecular weight is 325 g/mol. The van der Waals surface area contributed by atoms with Gasteiger partial charge in [0.1, 0.15) is 6.54 Å². The number of nitrogens with one attached hydrogen (secondary N) is 1. The lowest BCUT2D eigenvalue weighted by molar-refractivity contribution is 0.0892. The number of aliphatic hydroxyl groups is 1. The summed E-state index contributed by atoms with van der Waals surface area (Å²) in [4.78, 5) is 19.9. The van der Waals surface area contributed by atoms with E-state index in [1.54, 1.807) is 14.0 Å². The lowest BCUT2D eigenvalue weighted by Gasteiger charge is -2.34. The van der Waals surface area contributed by atoms with Crippen LogP contribution in [0.5, 0.6) is 0 Å². The molecule has 8 nitrogen and oxygen atoms in total. The van der Waals surface area contributed by atoms with Gasteiger partial charge in [-0.05, 0) is 32.7 Å². The second-order valence-corrected chi connectivity index (χ2v) is 6.05. The number of amides is 2. The van der Waals surface area contributed by atoms with Crippen molar-refractivity contribution < 1.29 is 14.4 Å². The Balaban J connectivity index is 1.64. The second-order valence-electron chi connectivity index (χ2n) is 6.05. The van der Waals surface area contributed by atoms with Crippen molar-refractivity contribution in [2.75, 3.05) is 33.3 Å². The summed E-state index contributed by atoms with van der Waals surface area (Å²) < 4.78 is 5.00. The SMILES string of the molecule is Cc1noc(CN(C)C(=O)NCCCN2CCCCC2CO)n1. The maximum atomic E-state index is 12.0. The van der Waals surface area contributed by atoms with Gasteiger partial charge in [-0.15, -0.1) is 0 Å². The monoisotopic (exact) mass is 325 g/mol. The highest BCUT2D eigenvalue weighted by molar-refractivity contribution is 5.73. The van der Waals surface area contributed by atoms with Crippen LogP contribution in [0.3, 0.4) is 0 Å². The first-order chi connectivity index (χ1) is 11.1. The number of piperidine rings is 1. The highest BCUT2D eigenvalue weighted by atomic mass is 16.5. The van der Waals surface area contributed by atoms with Crippen molar-refractivity contribution in [3.05, 3.63) is 11.7 Å². The van der Waals surface area contributed by atoms with Gasteiger partial charge in [-0.2, -0.15) is 4.98 Å². The van der Waals surface area contributed by atoms with Gasteiger partial charge in [-0.3, -0.25) is 4.90 Å². The average Bonchev–Trinajstić information content (AvgIpc) is 2.96. The number of urea groups is 1. The number of rotatable bonds is 7. The Morgan fingerprint density at radius 1 is 1.52 bits per heavy atom. The van der Waals surface area contributed by atoms with Gasteiger partial charge in [0.2, 0.25) is 5.89 Å². The molecule has 1 aromatic heterocycles. The topological polar surface area (TPSA) is 94.7 Å². The molecule has 130 valence electrons. The van der Waals surface area contributed by atoms with Gasteiger partial charge in [-0.1, -0.05) is 11.6 Å². The summed E-state index contributed by atoms with van der Waals surface area (Å²) in [6.07, 6.45) is 4.32. The Labute approximate surface area is 136 Å². The number of hydrogen-bond donors (Lipinski definition) is 2. The van der Waals surface area contributed by atoms with Crippen LogP contribution >= 0.6 is 0 Å². The van der Waals surface area contributed by atoms with E-state index < -0.39 is 0 Å². The third-order valence-electron chi connectivity index (χ3n) is 4.15. The number of aryl methyl sites for hydroxylation is 1. The van der Waals surface area contributed by atoms with Crippen LogP contribution in [-0.2, 0) is 6.54 Å². The molecule has 1 saturated heterocycles. The first kappa shape index (κ1) is 17.7. The van der Waals surface area contributed by atoms with Crippen molar-refractivity contribution in [1.82, 2.24) is 25.3 Å². The van der Waals surface area contributed by atoms with E-state index in [2.05, 4.69) is 20.4 Å². The molecule has 1 unspecified atom stereocenters. The van der Waals surface area contributed by atoms with Gasteiger partial charge >= 0.3 is 6.03 Å². The van der Waals surface area contributed by atoms with Crippen molar-refractivity contribution in [2.45, 2.75) is 45.2 Å². The lowest BCUT2D eigenvalue weighted by atomic mass is 10.0. The number of aliphatic hydroxyl groups excluding tert-OH is 1. The van der Waals surface area contributed by atoms with Crippen LogP contribution < -0.4 is 5.32 Å². The molecule has 1 aliphatic rings. The minimum atomic E-state index is -0.154. The summed E-state index contributed by atoms with van der Waals surface area (Å²) in [5, 5.41) is 16.0. The Morgan fingerprint density at radius 2 is 2.35 bits per heavy atom. The number of nitrogens with zero attached hydrogens (tertiary/aromatic N) is 4. The third-order valence-corrected chi connectivity index (χ3v) is 4.15. The normalized spacial score (nSPS) is 18.8. The van der Waals surface area contributed by atoms with Crippen LogP contribution in [0.25, 0.3) is 0 Å². The molecule has 1 atom stereocenters. The molecule has 1 aliphatic heterocycles. The van der Waals surface area contributed by atoms with E-state index in [1.165, 1.54) is 17.7 Å². The minimum absolute atomic E-state index is 0.154. The molecule has 2 rings (SSSR count). The minimum Gasteiger partial charge on any atom is -0.395 e. The van der Waals surface area contributed by atoms with Crippen LogP contribution in [0.15, 0.2) is 4.52 Å². The fraction of sp³-hybridized carbons (Fsp3) is 0.800. The highest BCUT2D eigenvalue weighted by Gasteiger charge is 2.21. The fourth-order valence-electron chi connectivity index (χ4n) is 2.85. The molecule has 0 aliphatic carbocycles. The summed E-state index contributed by atoms with van der Waals surface area (Å²) in [6.45, 7) is 4.81. The zero-order chi connectivity index (χ0) is 16.7. The Hall–Kier alpha value is -1.67. The maximum absolute atomic E-state index is 12.0. The predicted octanol–water partition coefficient (Wildman–Crippen LogP) is 0.756. The Morgan fingerprint density at radius 3 is 3.04 bits per heavy atom. The van der Waals surface area contributed by atoms with E-state index in [4.69, 9.17) is 4.52 Å². The van der Waals surface area contributed by atoms with Gasteiger partial charge in [0.05, 0.1) is 6.61 Å². The van der Waals surface area contributed by atoms with Gasteiger partial charge in [-0.25, -0.2) is 4.79 Å². The Bertz CT molecular complexity index is 493. The number of likely N-dealkylation sites (tertiary alicyclic amines) is 1. The van der Waals surface area contributed by atoms with Gasteiger partial charge < -0.3 is 19.8 Å². The van der Waals surface area contributed by atoms with Crippen LogP contribution in [0.2, 0.25) is 0 Å². The summed E-state index contributed by atoms with van der Waals surface area (Å²) in [5.74, 6) is 0.994. The van der Waals surface area contributed by atoms with Gasteiger partial charge in [0, 0.05) is 26.2 Å². The van der Waals surface area contributed by atoms with Crippen LogP contribution in [-0.4, -0.2) is 70.4 Å². The number of carbonyl (C=O) groups is 1. The number of aromatic nitrogens is 2. The summed E-state index contributed by atoms with van der Waals surface area (Å²) >= 11 is 0. The molecule has 0 aromatic carbocycles. The fourth-order valence-corrected chi connectivity index (χ4v) is 2.85. The number of carbonyl (C=O) groups excluding carboxylic acids is 1. The predicted molar refractivity (Wildman–Crippen MR) is 84.8 cm³/mol. The molecular weight excluding hydrogens is 298 g/mol. The molecule has 8 heteroatoms. The molecule has 0 radical (unpaired) electrons. The largest absolute Gasteiger partial charge is 0.395 e. The van der Waals surface area contributed by atoms with Crippen LogP contribution in [0.4, 0.5) is 4.79 Å².